The Morgan fingerprint density at radius 2 is 2.55 bits per heavy atom. The first-order valence-electron chi connectivity index (χ1n) is 3.04. The third-order valence-electron chi connectivity index (χ3n) is 1.39. The van der Waals surface area contributed by atoms with E-state index in [0.29, 0.717) is 0 Å². The van der Waals surface area contributed by atoms with E-state index in [9.17, 15) is 9.59 Å². The summed E-state index contributed by atoms with van der Waals surface area (Å²) in [5, 5.41) is 10.7. The van der Waals surface area contributed by atoms with Gasteiger partial charge < -0.3 is 20.9 Å². The van der Waals surface area contributed by atoms with Crippen molar-refractivity contribution in [2.45, 2.75) is 12.1 Å². The number of hydrogen-bond donors (Lipinski definition) is 3. The van der Waals surface area contributed by atoms with Crippen LogP contribution in [0.25, 0.3) is 0 Å². The lowest BCUT2D eigenvalue weighted by Gasteiger charge is -2.11. The van der Waals surface area contributed by atoms with E-state index in [4.69, 9.17) is 10.8 Å². The number of ether oxygens (including phenoxy) is 1. The third kappa shape index (κ3) is 1.58. The van der Waals surface area contributed by atoms with Crippen molar-refractivity contribution < 1.29 is 19.4 Å². The molecule has 1 amide bonds. The summed E-state index contributed by atoms with van der Waals surface area (Å²) in [5.74, 6) is -1.17. The summed E-state index contributed by atoms with van der Waals surface area (Å²) >= 11 is 0. The molecule has 6 heteroatoms. The van der Waals surface area contributed by atoms with Crippen LogP contribution in [0, 0.1) is 0 Å². The van der Waals surface area contributed by atoms with E-state index in [1.54, 1.807) is 0 Å². The van der Waals surface area contributed by atoms with Gasteiger partial charge in [0.25, 0.3) is 0 Å². The number of nitrogens with two attached hydrogens (primary N) is 1. The Morgan fingerprint density at radius 3 is 2.91 bits per heavy atom. The molecule has 0 spiro atoms. The second-order valence-corrected chi connectivity index (χ2v) is 2.19. The number of rotatable bonds is 2. The molecule has 0 aliphatic carbocycles. The van der Waals surface area contributed by atoms with Gasteiger partial charge in [0.1, 0.15) is 12.1 Å². The van der Waals surface area contributed by atoms with E-state index < -0.39 is 24.2 Å². The van der Waals surface area contributed by atoms with Crippen LogP contribution in [0.4, 0.5) is 4.79 Å². The normalized spacial score (nSPS) is 25.5. The molecule has 0 bridgehead atoms. The first-order chi connectivity index (χ1) is 5.11. The van der Waals surface area contributed by atoms with E-state index in [1.807, 2.05) is 0 Å². The summed E-state index contributed by atoms with van der Waals surface area (Å²) in [4.78, 5) is 20.6. The molecule has 0 aromatic heterocycles. The highest BCUT2D eigenvalue weighted by molar-refractivity contribution is 5.76. The van der Waals surface area contributed by atoms with E-state index in [0.717, 1.165) is 0 Å². The SMILES string of the molecule is NC(C(=O)O)C1CNC(=O)O1. The van der Waals surface area contributed by atoms with Crippen molar-refractivity contribution in [3.05, 3.63) is 0 Å². The maximum Gasteiger partial charge on any atom is 0.407 e. The molecule has 1 saturated heterocycles. The van der Waals surface area contributed by atoms with E-state index in [-0.39, 0.29) is 6.54 Å². The van der Waals surface area contributed by atoms with Gasteiger partial charge in [0.05, 0.1) is 6.54 Å². The molecule has 11 heavy (non-hydrogen) atoms. The first-order valence-corrected chi connectivity index (χ1v) is 3.04. The fraction of sp³-hybridized carbons (Fsp3) is 0.600. The van der Waals surface area contributed by atoms with Crippen LogP contribution in [-0.2, 0) is 9.53 Å². The molecule has 0 aromatic rings. The Morgan fingerprint density at radius 1 is 1.91 bits per heavy atom. The Kier molecular flexibility index (Phi) is 1.95. The molecule has 1 rings (SSSR count). The van der Waals surface area contributed by atoms with Crippen LogP contribution in [0.3, 0.4) is 0 Å². The van der Waals surface area contributed by atoms with Crippen LogP contribution >= 0.6 is 0 Å². The molecule has 1 aliphatic heterocycles. The minimum absolute atomic E-state index is 0.159. The van der Waals surface area contributed by atoms with Gasteiger partial charge in [-0.25, -0.2) is 4.79 Å². The Bertz CT molecular complexity index is 193. The van der Waals surface area contributed by atoms with Gasteiger partial charge in [-0.05, 0) is 0 Å². The van der Waals surface area contributed by atoms with Crippen LogP contribution in [0.5, 0.6) is 0 Å². The van der Waals surface area contributed by atoms with Crippen LogP contribution in [0.2, 0.25) is 0 Å². The zero-order valence-electron chi connectivity index (χ0n) is 5.61. The molecular formula is C5H8N2O4. The maximum absolute atomic E-state index is 10.4. The van der Waals surface area contributed by atoms with Crippen LogP contribution in [0.15, 0.2) is 0 Å². The minimum Gasteiger partial charge on any atom is -0.480 e. The van der Waals surface area contributed by atoms with E-state index in [1.165, 1.54) is 0 Å². The number of carboxylic acid groups (broad SMARTS) is 1. The average molecular weight is 160 g/mol. The molecule has 6 nitrogen and oxygen atoms in total. The van der Waals surface area contributed by atoms with Gasteiger partial charge in [0.15, 0.2) is 0 Å². The molecule has 2 atom stereocenters. The highest BCUT2D eigenvalue weighted by atomic mass is 16.6. The molecule has 2 unspecified atom stereocenters. The van der Waals surface area contributed by atoms with Gasteiger partial charge in [0.2, 0.25) is 0 Å². The van der Waals surface area contributed by atoms with Crippen molar-refractivity contribution in [2.75, 3.05) is 6.54 Å². The number of carbonyl (C=O) groups is 2. The summed E-state index contributed by atoms with van der Waals surface area (Å²) in [5.41, 5.74) is 5.17. The minimum atomic E-state index is -1.17. The lowest BCUT2D eigenvalue weighted by molar-refractivity contribution is -0.140. The zero-order chi connectivity index (χ0) is 8.43. The number of aliphatic carboxylic acids is 1. The average Bonchev–Trinajstić information content (AvgIpc) is 2.34. The van der Waals surface area contributed by atoms with Gasteiger partial charge in [0, 0.05) is 0 Å². The number of nitrogens with one attached hydrogen (secondary N) is 1. The number of hydrogen-bond acceptors (Lipinski definition) is 4. The van der Waals surface area contributed by atoms with Crippen molar-refractivity contribution in [2.24, 2.45) is 5.73 Å². The Hall–Kier alpha value is -1.30. The molecular weight excluding hydrogens is 152 g/mol. The number of carboxylic acids is 1. The molecule has 1 fully saturated rings. The summed E-state index contributed by atoms with van der Waals surface area (Å²) in [6.07, 6.45) is -1.37. The zero-order valence-corrected chi connectivity index (χ0v) is 5.61. The van der Waals surface area contributed by atoms with E-state index in [2.05, 4.69) is 10.1 Å². The second kappa shape index (κ2) is 2.75. The largest absolute Gasteiger partial charge is 0.480 e. The predicted molar refractivity (Wildman–Crippen MR) is 33.9 cm³/mol. The number of cyclic esters (lactones) is 1. The first kappa shape index (κ1) is 7.80. The summed E-state index contributed by atoms with van der Waals surface area (Å²) in [6.45, 7) is 0.159. The third-order valence-corrected chi connectivity index (χ3v) is 1.39. The van der Waals surface area contributed by atoms with Crippen molar-refractivity contribution >= 4 is 12.1 Å². The van der Waals surface area contributed by atoms with Crippen LogP contribution in [-0.4, -0.2) is 35.9 Å². The molecule has 1 heterocycles. The highest BCUT2D eigenvalue weighted by Gasteiger charge is 2.32. The number of alkyl carbamates (subject to hydrolysis) is 1. The van der Waals surface area contributed by atoms with Gasteiger partial charge >= 0.3 is 12.1 Å². The Balaban J connectivity index is 2.49. The lowest BCUT2D eigenvalue weighted by Crippen LogP contribution is -2.43. The van der Waals surface area contributed by atoms with Gasteiger partial charge in [-0.3, -0.25) is 4.79 Å². The van der Waals surface area contributed by atoms with Crippen molar-refractivity contribution in [3.8, 4) is 0 Å². The van der Waals surface area contributed by atoms with Crippen LogP contribution in [0.1, 0.15) is 0 Å². The Labute approximate surface area is 62.3 Å². The second-order valence-electron chi connectivity index (χ2n) is 2.19. The highest BCUT2D eigenvalue weighted by Crippen LogP contribution is 2.03. The van der Waals surface area contributed by atoms with Gasteiger partial charge in [-0.1, -0.05) is 0 Å². The van der Waals surface area contributed by atoms with Gasteiger partial charge in [-0.15, -0.1) is 0 Å². The quantitative estimate of drug-likeness (QED) is 0.456. The smallest absolute Gasteiger partial charge is 0.407 e. The molecule has 0 aromatic carbocycles. The van der Waals surface area contributed by atoms with E-state index >= 15 is 0 Å². The topological polar surface area (TPSA) is 102 Å². The predicted octanol–water partition coefficient (Wildman–Crippen LogP) is -1.49. The van der Waals surface area contributed by atoms with Gasteiger partial charge in [-0.2, -0.15) is 0 Å². The summed E-state index contributed by atoms with van der Waals surface area (Å²) < 4.78 is 4.53. The fourth-order valence-electron chi connectivity index (χ4n) is 0.764. The van der Waals surface area contributed by atoms with Crippen molar-refractivity contribution in [1.29, 1.82) is 0 Å². The summed E-state index contributed by atoms with van der Waals surface area (Å²) in [7, 11) is 0. The standard InChI is InChI=1S/C5H8N2O4/c6-3(4(8)9)2-1-7-5(10)11-2/h2-3H,1,6H2,(H,7,10)(H,8,9). The molecule has 0 saturated carbocycles. The lowest BCUT2D eigenvalue weighted by atomic mass is 10.2. The van der Waals surface area contributed by atoms with Crippen molar-refractivity contribution in [3.63, 3.8) is 0 Å². The number of amides is 1. The molecule has 62 valence electrons. The van der Waals surface area contributed by atoms with Crippen molar-refractivity contribution in [1.82, 2.24) is 5.32 Å². The fourth-order valence-corrected chi connectivity index (χ4v) is 0.764. The monoisotopic (exact) mass is 160 g/mol. The molecule has 4 N–H and O–H groups in total. The molecule has 1 aliphatic rings. The number of carbonyl (C=O) groups excluding carboxylic acids is 1. The maximum atomic E-state index is 10.4. The summed E-state index contributed by atoms with van der Waals surface area (Å²) in [6, 6.07) is -1.14. The van der Waals surface area contributed by atoms with Crippen LogP contribution < -0.4 is 11.1 Å². The molecule has 0 radical (unpaired) electrons.